The van der Waals surface area contributed by atoms with Gasteiger partial charge in [-0.1, -0.05) is 30.3 Å². The first-order chi connectivity index (χ1) is 15.6. The van der Waals surface area contributed by atoms with Crippen molar-refractivity contribution in [3.05, 3.63) is 78.4 Å². The summed E-state index contributed by atoms with van der Waals surface area (Å²) in [5.74, 6) is 0.546. The second-order valence-electron chi connectivity index (χ2n) is 7.80. The number of nitrogens with zero attached hydrogens (tertiary/aromatic N) is 1. The van der Waals surface area contributed by atoms with Crippen LogP contribution in [-0.2, 0) is 16.0 Å². The zero-order chi connectivity index (χ0) is 22.1. The first-order valence-corrected chi connectivity index (χ1v) is 10.6. The molecule has 1 aliphatic heterocycles. The standard InChI is InChI=1S/C26H23N3O3/c1-32-18-12-10-17(11-13-18)26-20(19-6-2-3-7-21(19)28-26)14-15-25(31)29-16-24(30)27-22-8-4-5-9-23(22)29/h2-13,28H,14-16H2,1H3,(H,27,30). The van der Waals surface area contributed by atoms with Crippen molar-refractivity contribution in [3.63, 3.8) is 0 Å². The zero-order valence-electron chi connectivity index (χ0n) is 17.7. The fraction of sp³-hybridized carbons (Fsp3) is 0.154. The van der Waals surface area contributed by atoms with E-state index < -0.39 is 0 Å². The normalized spacial score (nSPS) is 13.0. The van der Waals surface area contributed by atoms with Crippen molar-refractivity contribution in [2.24, 2.45) is 0 Å². The van der Waals surface area contributed by atoms with Crippen LogP contribution in [-0.4, -0.2) is 30.5 Å². The molecule has 0 bridgehead atoms. The molecule has 0 spiro atoms. The SMILES string of the molecule is COc1ccc(-c2[nH]c3ccccc3c2CCC(=O)N2CC(=O)Nc3ccccc32)cc1. The lowest BCUT2D eigenvalue weighted by atomic mass is 10.0. The molecule has 2 heterocycles. The molecule has 5 rings (SSSR count). The predicted molar refractivity (Wildman–Crippen MR) is 126 cm³/mol. The summed E-state index contributed by atoms with van der Waals surface area (Å²) in [6.45, 7) is 0.0368. The lowest BCUT2D eigenvalue weighted by Gasteiger charge is -2.29. The highest BCUT2D eigenvalue weighted by molar-refractivity contribution is 6.10. The van der Waals surface area contributed by atoms with E-state index in [9.17, 15) is 9.59 Å². The summed E-state index contributed by atoms with van der Waals surface area (Å²) in [7, 11) is 1.65. The fourth-order valence-electron chi connectivity index (χ4n) is 4.29. The number of ether oxygens (including phenoxy) is 1. The number of aromatic amines is 1. The molecule has 160 valence electrons. The van der Waals surface area contributed by atoms with Crippen LogP contribution in [0.1, 0.15) is 12.0 Å². The summed E-state index contributed by atoms with van der Waals surface area (Å²) in [6, 6.07) is 23.4. The van der Waals surface area contributed by atoms with Crippen LogP contribution in [0, 0.1) is 0 Å². The van der Waals surface area contributed by atoms with Crippen LogP contribution >= 0.6 is 0 Å². The average molecular weight is 425 g/mol. The average Bonchev–Trinajstić information content (AvgIpc) is 3.20. The molecule has 6 nitrogen and oxygen atoms in total. The zero-order valence-corrected chi connectivity index (χ0v) is 17.7. The lowest BCUT2D eigenvalue weighted by Crippen LogP contribution is -2.42. The van der Waals surface area contributed by atoms with Gasteiger partial charge in [0, 0.05) is 23.0 Å². The second kappa shape index (κ2) is 8.23. The van der Waals surface area contributed by atoms with Crippen LogP contribution < -0.4 is 15.0 Å². The number of benzene rings is 3. The van der Waals surface area contributed by atoms with Crippen LogP contribution in [0.3, 0.4) is 0 Å². The Morgan fingerprint density at radius 3 is 2.56 bits per heavy atom. The molecule has 3 aromatic carbocycles. The maximum absolute atomic E-state index is 13.2. The number of carbonyl (C=O) groups is 2. The number of fused-ring (bicyclic) bond motifs is 2. The van der Waals surface area contributed by atoms with Crippen molar-refractivity contribution in [2.45, 2.75) is 12.8 Å². The summed E-state index contributed by atoms with van der Waals surface area (Å²) in [5, 5.41) is 3.93. The molecule has 0 saturated carbocycles. The Bertz CT molecular complexity index is 1310. The Kier molecular flexibility index (Phi) is 5.11. The molecular weight excluding hydrogens is 402 g/mol. The van der Waals surface area contributed by atoms with Crippen molar-refractivity contribution in [1.29, 1.82) is 0 Å². The number of hydrogen-bond donors (Lipinski definition) is 2. The van der Waals surface area contributed by atoms with E-state index >= 15 is 0 Å². The Labute approximate surface area is 185 Å². The third kappa shape index (κ3) is 3.60. The molecule has 1 aromatic heterocycles. The van der Waals surface area contributed by atoms with Gasteiger partial charge in [-0.25, -0.2) is 0 Å². The molecule has 0 aliphatic carbocycles. The third-order valence-corrected chi connectivity index (χ3v) is 5.85. The summed E-state index contributed by atoms with van der Waals surface area (Å²) in [4.78, 5) is 30.4. The summed E-state index contributed by atoms with van der Waals surface area (Å²) in [5.41, 5.74) is 5.57. The second-order valence-corrected chi connectivity index (χ2v) is 7.80. The van der Waals surface area contributed by atoms with Gasteiger partial charge in [0.2, 0.25) is 11.8 Å². The van der Waals surface area contributed by atoms with Crippen molar-refractivity contribution >= 4 is 34.1 Å². The van der Waals surface area contributed by atoms with Gasteiger partial charge in [-0.05, 0) is 60.0 Å². The molecule has 2 amide bonds. The van der Waals surface area contributed by atoms with E-state index in [-0.39, 0.29) is 18.4 Å². The Balaban J connectivity index is 1.45. The minimum absolute atomic E-state index is 0.0368. The molecule has 4 aromatic rings. The molecule has 0 saturated heterocycles. The van der Waals surface area contributed by atoms with Gasteiger partial charge in [0.25, 0.3) is 0 Å². The summed E-state index contributed by atoms with van der Waals surface area (Å²) >= 11 is 0. The highest BCUT2D eigenvalue weighted by Gasteiger charge is 2.26. The van der Waals surface area contributed by atoms with Crippen LogP contribution in [0.2, 0.25) is 0 Å². The molecule has 0 unspecified atom stereocenters. The van der Waals surface area contributed by atoms with Crippen LogP contribution in [0.15, 0.2) is 72.8 Å². The van der Waals surface area contributed by atoms with E-state index in [1.54, 1.807) is 12.0 Å². The molecule has 2 N–H and O–H groups in total. The van der Waals surface area contributed by atoms with Crippen molar-refractivity contribution in [3.8, 4) is 17.0 Å². The molecular formula is C26H23N3O3. The number of aryl methyl sites for hydroxylation is 1. The lowest BCUT2D eigenvalue weighted by molar-refractivity contribution is -0.121. The first-order valence-electron chi connectivity index (χ1n) is 10.6. The number of methoxy groups -OCH3 is 1. The number of hydrogen-bond acceptors (Lipinski definition) is 3. The first kappa shape index (κ1) is 19.9. The number of anilines is 2. The maximum atomic E-state index is 13.2. The van der Waals surface area contributed by atoms with E-state index in [0.717, 1.165) is 39.2 Å². The summed E-state index contributed by atoms with van der Waals surface area (Å²) in [6.07, 6.45) is 0.858. The number of para-hydroxylation sites is 3. The van der Waals surface area contributed by atoms with Gasteiger partial charge in [-0.3, -0.25) is 9.59 Å². The quantitative estimate of drug-likeness (QED) is 0.484. The number of nitrogens with one attached hydrogen (secondary N) is 2. The number of rotatable bonds is 5. The molecule has 32 heavy (non-hydrogen) atoms. The Morgan fingerprint density at radius 1 is 1.00 bits per heavy atom. The van der Waals surface area contributed by atoms with Crippen LogP contribution in [0.4, 0.5) is 11.4 Å². The molecule has 6 heteroatoms. The smallest absolute Gasteiger partial charge is 0.244 e. The highest BCUT2D eigenvalue weighted by atomic mass is 16.5. The monoisotopic (exact) mass is 425 g/mol. The van der Waals surface area contributed by atoms with Gasteiger partial charge in [0.1, 0.15) is 12.3 Å². The number of carbonyl (C=O) groups excluding carboxylic acids is 2. The number of H-pyrrole nitrogens is 1. The van der Waals surface area contributed by atoms with Gasteiger partial charge in [0.05, 0.1) is 18.5 Å². The van der Waals surface area contributed by atoms with E-state index in [1.165, 1.54) is 0 Å². The van der Waals surface area contributed by atoms with E-state index in [4.69, 9.17) is 4.74 Å². The van der Waals surface area contributed by atoms with Gasteiger partial charge in [-0.15, -0.1) is 0 Å². The van der Waals surface area contributed by atoms with Gasteiger partial charge in [0.15, 0.2) is 0 Å². The highest BCUT2D eigenvalue weighted by Crippen LogP contribution is 2.33. The van der Waals surface area contributed by atoms with Crippen molar-refractivity contribution in [1.82, 2.24) is 4.98 Å². The summed E-state index contributed by atoms with van der Waals surface area (Å²) < 4.78 is 5.28. The van der Waals surface area contributed by atoms with Gasteiger partial charge >= 0.3 is 0 Å². The van der Waals surface area contributed by atoms with Crippen LogP contribution in [0.25, 0.3) is 22.2 Å². The topological polar surface area (TPSA) is 74.4 Å². The number of amides is 2. The predicted octanol–water partition coefficient (Wildman–Crippen LogP) is 4.76. The van der Waals surface area contributed by atoms with Crippen molar-refractivity contribution in [2.75, 3.05) is 23.9 Å². The Morgan fingerprint density at radius 2 is 1.75 bits per heavy atom. The molecule has 0 atom stereocenters. The van der Waals surface area contributed by atoms with E-state index in [2.05, 4.69) is 16.4 Å². The van der Waals surface area contributed by atoms with Crippen LogP contribution in [0.5, 0.6) is 5.75 Å². The minimum atomic E-state index is -0.178. The van der Waals surface area contributed by atoms with E-state index in [1.807, 2.05) is 66.7 Å². The van der Waals surface area contributed by atoms with Crippen molar-refractivity contribution < 1.29 is 14.3 Å². The van der Waals surface area contributed by atoms with Gasteiger partial charge in [-0.2, -0.15) is 0 Å². The maximum Gasteiger partial charge on any atom is 0.244 e. The number of aromatic nitrogens is 1. The minimum Gasteiger partial charge on any atom is -0.497 e. The largest absolute Gasteiger partial charge is 0.497 e. The Hall–Kier alpha value is -4.06. The molecule has 0 radical (unpaired) electrons. The van der Waals surface area contributed by atoms with E-state index in [0.29, 0.717) is 18.5 Å². The van der Waals surface area contributed by atoms with Gasteiger partial charge < -0.3 is 19.9 Å². The fourth-order valence-corrected chi connectivity index (χ4v) is 4.29. The molecule has 0 fully saturated rings. The molecule has 1 aliphatic rings. The third-order valence-electron chi connectivity index (χ3n) is 5.85.